The van der Waals surface area contributed by atoms with E-state index in [9.17, 15) is 24.8 Å². The summed E-state index contributed by atoms with van der Waals surface area (Å²) in [5, 5.41) is 22.0. The SMILES string of the molecule is Cc1ccc(N2C(=O)C(=O)/C(=C(/O)c3ccc([N+](=O)[O-])cc3)[C@@H]2c2ccc(Br)cc2)cc1. The van der Waals surface area contributed by atoms with Gasteiger partial charge in [0.05, 0.1) is 16.5 Å². The fraction of sp³-hybridized carbons (Fsp3) is 0.0833. The zero-order chi connectivity index (χ0) is 23.0. The van der Waals surface area contributed by atoms with Gasteiger partial charge in [0.1, 0.15) is 5.76 Å². The number of carbonyl (C=O) groups is 2. The number of anilines is 1. The molecule has 4 rings (SSSR count). The first-order chi connectivity index (χ1) is 15.3. The number of aliphatic hydroxyl groups is 1. The number of hydrogen-bond acceptors (Lipinski definition) is 5. The molecule has 7 nitrogen and oxygen atoms in total. The summed E-state index contributed by atoms with van der Waals surface area (Å²) >= 11 is 3.38. The Labute approximate surface area is 191 Å². The summed E-state index contributed by atoms with van der Waals surface area (Å²) < 4.78 is 0.823. The van der Waals surface area contributed by atoms with Gasteiger partial charge in [-0.25, -0.2) is 0 Å². The first-order valence-corrected chi connectivity index (χ1v) is 10.4. The van der Waals surface area contributed by atoms with Crippen LogP contribution in [0, 0.1) is 17.0 Å². The van der Waals surface area contributed by atoms with Crippen molar-refractivity contribution in [2.24, 2.45) is 0 Å². The van der Waals surface area contributed by atoms with Crippen molar-refractivity contribution in [1.29, 1.82) is 0 Å². The topological polar surface area (TPSA) is 101 Å². The number of halogens is 1. The molecule has 8 heteroatoms. The summed E-state index contributed by atoms with van der Waals surface area (Å²) in [4.78, 5) is 37.9. The number of amides is 1. The second-order valence-electron chi connectivity index (χ2n) is 7.36. The molecule has 0 radical (unpaired) electrons. The molecule has 0 spiro atoms. The van der Waals surface area contributed by atoms with Gasteiger partial charge in [-0.2, -0.15) is 0 Å². The molecule has 0 saturated carbocycles. The van der Waals surface area contributed by atoms with Gasteiger partial charge in [-0.3, -0.25) is 24.6 Å². The average Bonchev–Trinajstić information content (AvgIpc) is 3.05. The Hall–Kier alpha value is -3.78. The maximum Gasteiger partial charge on any atom is 0.300 e. The van der Waals surface area contributed by atoms with E-state index in [0.717, 1.165) is 10.0 Å². The van der Waals surface area contributed by atoms with E-state index < -0.39 is 22.7 Å². The smallest absolute Gasteiger partial charge is 0.300 e. The van der Waals surface area contributed by atoms with Crippen LogP contribution in [0.1, 0.15) is 22.7 Å². The maximum atomic E-state index is 13.1. The molecule has 3 aromatic rings. The second-order valence-corrected chi connectivity index (χ2v) is 8.28. The molecule has 0 aliphatic carbocycles. The zero-order valence-electron chi connectivity index (χ0n) is 16.9. The Bertz CT molecular complexity index is 1250. The largest absolute Gasteiger partial charge is 0.507 e. The van der Waals surface area contributed by atoms with Gasteiger partial charge in [-0.05, 0) is 48.9 Å². The Balaban J connectivity index is 1.90. The van der Waals surface area contributed by atoms with E-state index >= 15 is 0 Å². The van der Waals surface area contributed by atoms with Crippen LogP contribution in [0.25, 0.3) is 5.76 Å². The van der Waals surface area contributed by atoms with Crippen LogP contribution in [-0.2, 0) is 9.59 Å². The summed E-state index contributed by atoms with van der Waals surface area (Å²) in [7, 11) is 0. The van der Waals surface area contributed by atoms with Crippen LogP contribution in [0.4, 0.5) is 11.4 Å². The van der Waals surface area contributed by atoms with Gasteiger partial charge < -0.3 is 5.11 Å². The van der Waals surface area contributed by atoms with E-state index in [4.69, 9.17) is 0 Å². The Morgan fingerprint density at radius 1 is 0.969 bits per heavy atom. The lowest BCUT2D eigenvalue weighted by Crippen LogP contribution is -2.29. The highest BCUT2D eigenvalue weighted by Crippen LogP contribution is 2.42. The van der Waals surface area contributed by atoms with Crippen LogP contribution in [0.15, 0.2) is 82.8 Å². The molecule has 0 aromatic heterocycles. The number of carbonyl (C=O) groups excluding carboxylic acids is 2. The van der Waals surface area contributed by atoms with Gasteiger partial charge >= 0.3 is 0 Å². The molecule has 0 bridgehead atoms. The van der Waals surface area contributed by atoms with Gasteiger partial charge in [0, 0.05) is 27.9 Å². The highest BCUT2D eigenvalue weighted by molar-refractivity contribution is 9.10. The summed E-state index contributed by atoms with van der Waals surface area (Å²) in [6, 6.07) is 18.6. The Morgan fingerprint density at radius 3 is 2.12 bits per heavy atom. The van der Waals surface area contributed by atoms with Crippen molar-refractivity contribution >= 4 is 44.8 Å². The van der Waals surface area contributed by atoms with Crippen molar-refractivity contribution in [2.45, 2.75) is 13.0 Å². The molecule has 1 aliphatic heterocycles. The number of nitro groups is 1. The third-order valence-corrected chi connectivity index (χ3v) is 5.82. The fourth-order valence-electron chi connectivity index (χ4n) is 3.66. The number of non-ortho nitro benzene ring substituents is 1. The van der Waals surface area contributed by atoms with Crippen molar-refractivity contribution in [1.82, 2.24) is 0 Å². The predicted molar refractivity (Wildman–Crippen MR) is 123 cm³/mol. The van der Waals surface area contributed by atoms with Gasteiger partial charge in [-0.15, -0.1) is 0 Å². The van der Waals surface area contributed by atoms with Crippen LogP contribution in [0.5, 0.6) is 0 Å². The fourth-order valence-corrected chi connectivity index (χ4v) is 3.93. The second kappa shape index (κ2) is 8.39. The lowest BCUT2D eigenvalue weighted by Gasteiger charge is -2.25. The van der Waals surface area contributed by atoms with Crippen molar-refractivity contribution in [3.8, 4) is 0 Å². The first-order valence-electron chi connectivity index (χ1n) is 9.66. The number of rotatable bonds is 4. The van der Waals surface area contributed by atoms with Crippen LogP contribution < -0.4 is 4.90 Å². The summed E-state index contributed by atoms with van der Waals surface area (Å²) in [5.74, 6) is -1.97. The lowest BCUT2D eigenvalue weighted by atomic mass is 9.95. The quantitative estimate of drug-likeness (QED) is 0.175. The van der Waals surface area contributed by atoms with Crippen molar-refractivity contribution in [2.75, 3.05) is 4.90 Å². The highest BCUT2D eigenvalue weighted by atomic mass is 79.9. The normalized spacial score (nSPS) is 17.6. The number of aryl methyl sites for hydroxylation is 1. The summed E-state index contributed by atoms with van der Waals surface area (Å²) in [6.45, 7) is 1.92. The molecule has 1 amide bonds. The van der Waals surface area contributed by atoms with Crippen molar-refractivity contribution < 1.29 is 19.6 Å². The zero-order valence-corrected chi connectivity index (χ0v) is 18.4. The predicted octanol–water partition coefficient (Wildman–Crippen LogP) is 5.29. The summed E-state index contributed by atoms with van der Waals surface area (Å²) in [6.07, 6.45) is 0. The number of nitro benzene ring substituents is 1. The third-order valence-electron chi connectivity index (χ3n) is 5.29. The Kier molecular flexibility index (Phi) is 5.63. The number of hydrogen-bond donors (Lipinski definition) is 1. The molecule has 1 heterocycles. The van der Waals surface area contributed by atoms with E-state index in [1.54, 1.807) is 36.4 Å². The van der Waals surface area contributed by atoms with Crippen LogP contribution in [0.2, 0.25) is 0 Å². The Morgan fingerprint density at radius 2 is 1.56 bits per heavy atom. The summed E-state index contributed by atoms with van der Waals surface area (Å²) in [5.41, 5.74) is 2.14. The molecular weight excluding hydrogens is 476 g/mol. The monoisotopic (exact) mass is 492 g/mol. The van der Waals surface area contributed by atoms with E-state index in [1.165, 1.54) is 29.2 Å². The third kappa shape index (κ3) is 3.80. The molecule has 1 N–H and O–H groups in total. The van der Waals surface area contributed by atoms with E-state index in [0.29, 0.717) is 11.3 Å². The molecule has 3 aromatic carbocycles. The minimum atomic E-state index is -0.860. The van der Waals surface area contributed by atoms with E-state index in [1.807, 2.05) is 19.1 Å². The van der Waals surface area contributed by atoms with Crippen LogP contribution in [-0.4, -0.2) is 21.7 Å². The van der Waals surface area contributed by atoms with E-state index in [-0.39, 0.29) is 22.6 Å². The molecule has 1 fully saturated rings. The molecule has 0 unspecified atom stereocenters. The highest BCUT2D eigenvalue weighted by Gasteiger charge is 2.46. The molecular formula is C24H17BrN2O5. The first kappa shape index (κ1) is 21.5. The van der Waals surface area contributed by atoms with Gasteiger partial charge in [0.15, 0.2) is 0 Å². The standard InChI is InChI=1S/C24H17BrN2O5/c1-14-2-10-18(11-3-14)26-21(15-4-8-17(25)9-5-15)20(23(29)24(26)30)22(28)16-6-12-19(13-7-16)27(31)32/h2-13,21,28H,1H3/b22-20+/t21-/m0/s1. The maximum absolute atomic E-state index is 13.1. The number of nitrogens with zero attached hydrogens (tertiary/aromatic N) is 2. The van der Waals surface area contributed by atoms with Gasteiger partial charge in [-0.1, -0.05) is 45.8 Å². The minimum absolute atomic E-state index is 0.0771. The number of benzene rings is 3. The number of ketones is 1. The molecule has 1 saturated heterocycles. The number of aliphatic hydroxyl groups excluding tert-OH is 1. The molecule has 1 aliphatic rings. The average molecular weight is 493 g/mol. The minimum Gasteiger partial charge on any atom is -0.507 e. The van der Waals surface area contributed by atoms with Crippen LogP contribution >= 0.6 is 15.9 Å². The number of Topliss-reactive ketones (excluding diaryl/α,β-unsaturated/α-hetero) is 1. The molecule has 1 atom stereocenters. The van der Waals surface area contributed by atoms with E-state index in [2.05, 4.69) is 15.9 Å². The molecule has 160 valence electrons. The lowest BCUT2D eigenvalue weighted by molar-refractivity contribution is -0.384. The van der Waals surface area contributed by atoms with Gasteiger partial charge in [0.25, 0.3) is 17.4 Å². The van der Waals surface area contributed by atoms with Crippen molar-refractivity contribution in [3.63, 3.8) is 0 Å². The molecule has 32 heavy (non-hydrogen) atoms. The van der Waals surface area contributed by atoms with Gasteiger partial charge in [0.2, 0.25) is 0 Å². The van der Waals surface area contributed by atoms with Crippen molar-refractivity contribution in [3.05, 3.63) is 110 Å². The van der Waals surface area contributed by atoms with Crippen LogP contribution in [0.3, 0.4) is 0 Å².